The number of hydrogen-bond donors (Lipinski definition) is 0. The number of nitrogens with zero attached hydrogens (tertiary/aromatic N) is 2. The Balaban J connectivity index is 1.21. The molecule has 1 aromatic heterocycles. The minimum Gasteiger partial charge on any atom is -0.310 e. The van der Waals surface area contributed by atoms with Crippen molar-refractivity contribution in [2.45, 2.75) is 105 Å². The van der Waals surface area contributed by atoms with Gasteiger partial charge in [0.1, 0.15) is 0 Å². The number of aromatic nitrogens is 1. The fraction of sp³-hybridized carbons (Fsp3) is 0.195. The molecule has 2 aliphatic rings. The third kappa shape index (κ3) is 9.17. The van der Waals surface area contributed by atoms with Crippen molar-refractivity contribution in [3.63, 3.8) is 0 Å². The summed E-state index contributed by atoms with van der Waals surface area (Å²) < 4.78 is 2.69. The molecule has 2 nitrogen and oxygen atoms in total. The second-order valence-corrected chi connectivity index (χ2v) is 28.2. The van der Waals surface area contributed by atoms with E-state index in [2.05, 4.69) is 329 Å². The highest BCUT2D eigenvalue weighted by atomic mass is 15.2. The van der Waals surface area contributed by atoms with Crippen LogP contribution in [0.15, 0.2) is 237 Å². The molecule has 0 unspecified atom stereocenters. The van der Waals surface area contributed by atoms with E-state index < -0.39 is 0 Å². The normalized spacial score (nSPS) is 13.1. The molecule has 3 heterocycles. The Hall–Kier alpha value is -8.92. The molecular formula is C82H75BN2. The summed E-state index contributed by atoms with van der Waals surface area (Å²) >= 11 is 0. The van der Waals surface area contributed by atoms with Gasteiger partial charge in [0.2, 0.25) is 0 Å². The maximum Gasteiger partial charge on any atom is 0.252 e. The second kappa shape index (κ2) is 19.9. The maximum absolute atomic E-state index is 2.69. The van der Waals surface area contributed by atoms with Crippen LogP contribution < -0.4 is 21.3 Å². The summed E-state index contributed by atoms with van der Waals surface area (Å²) in [5.41, 5.74) is 25.7. The standard InChI is InChI=1S/C82H75BN2/c1-79(2,3)58-39-35-52(36-40-58)55-38-43-73-71(47-55)83-70-42-37-56(57-45-59(80(4,5)6)49-60(46-57)81(7,8)9)48-75(70)84-72-34-24-23-33-66(72)64-31-21-19-29-62(64)63-30-20-22-32-65(63)67-41-44-74(76(83)78(67)84)85(73)77-68(53-25-15-13-16-26-53)50-61(82(10,11)12)51-69(77)54-27-17-14-18-28-54/h13-51H,1-12H3. The lowest BCUT2D eigenvalue weighted by molar-refractivity contribution is 0.569. The number of anilines is 3. The van der Waals surface area contributed by atoms with Crippen LogP contribution >= 0.6 is 0 Å². The molecule has 0 radical (unpaired) electrons. The zero-order chi connectivity index (χ0) is 58.9. The molecule has 3 heteroatoms. The van der Waals surface area contributed by atoms with Crippen LogP contribution in [0.1, 0.15) is 105 Å². The van der Waals surface area contributed by atoms with Crippen molar-refractivity contribution in [3.05, 3.63) is 259 Å². The van der Waals surface area contributed by atoms with E-state index in [0.29, 0.717) is 0 Å². The van der Waals surface area contributed by atoms with E-state index in [1.54, 1.807) is 0 Å². The van der Waals surface area contributed by atoms with Gasteiger partial charge in [-0.1, -0.05) is 283 Å². The molecule has 0 spiro atoms. The maximum atomic E-state index is 2.69. The first-order chi connectivity index (χ1) is 40.7. The monoisotopic (exact) mass is 1100 g/mol. The predicted molar refractivity (Wildman–Crippen MR) is 369 cm³/mol. The summed E-state index contributed by atoms with van der Waals surface area (Å²) in [6.45, 7) is 27.9. The van der Waals surface area contributed by atoms with E-state index in [1.165, 1.54) is 144 Å². The summed E-state index contributed by atoms with van der Waals surface area (Å²) in [7, 11) is 0. The van der Waals surface area contributed by atoms with E-state index in [-0.39, 0.29) is 28.4 Å². The topological polar surface area (TPSA) is 8.17 Å². The van der Waals surface area contributed by atoms with Gasteiger partial charge < -0.3 is 9.47 Å². The number of benzene rings is 11. The minimum atomic E-state index is -0.159. The van der Waals surface area contributed by atoms with Crippen LogP contribution in [0.3, 0.4) is 0 Å². The first-order valence-electron chi connectivity index (χ1n) is 30.6. The Morgan fingerprint density at radius 1 is 0.282 bits per heavy atom. The van der Waals surface area contributed by atoms with Crippen molar-refractivity contribution in [2.24, 2.45) is 0 Å². The van der Waals surface area contributed by atoms with Crippen LogP contribution in [-0.2, 0) is 21.7 Å². The largest absolute Gasteiger partial charge is 0.310 e. The molecule has 0 fully saturated rings. The number of para-hydroxylation sites is 1. The Morgan fingerprint density at radius 3 is 1.28 bits per heavy atom. The first-order valence-corrected chi connectivity index (χ1v) is 30.6. The van der Waals surface area contributed by atoms with Crippen LogP contribution in [0.4, 0.5) is 17.1 Å². The summed E-state index contributed by atoms with van der Waals surface area (Å²) in [4.78, 5) is 2.67. The van der Waals surface area contributed by atoms with Crippen LogP contribution in [0.2, 0.25) is 0 Å². The zero-order valence-corrected chi connectivity index (χ0v) is 51.5. The molecule has 2 aliphatic heterocycles. The van der Waals surface area contributed by atoms with E-state index in [9.17, 15) is 0 Å². The molecule has 0 N–H and O–H groups in total. The van der Waals surface area contributed by atoms with Crippen LogP contribution in [0.25, 0.3) is 93.5 Å². The molecule has 0 bridgehead atoms. The molecule has 12 aromatic rings. The van der Waals surface area contributed by atoms with Gasteiger partial charge in [-0.05, 0) is 152 Å². The lowest BCUT2D eigenvalue weighted by Gasteiger charge is -2.42. The highest BCUT2D eigenvalue weighted by Gasteiger charge is 2.43. The summed E-state index contributed by atoms with van der Waals surface area (Å²) in [6, 6.07) is 91.2. The van der Waals surface area contributed by atoms with Crippen molar-refractivity contribution in [2.75, 3.05) is 4.90 Å². The Labute approximate surface area is 503 Å². The Kier molecular flexibility index (Phi) is 12.6. The van der Waals surface area contributed by atoms with Gasteiger partial charge in [-0.3, -0.25) is 0 Å². The van der Waals surface area contributed by atoms with Gasteiger partial charge in [0.25, 0.3) is 6.71 Å². The molecule has 85 heavy (non-hydrogen) atoms. The Bertz CT molecular complexity index is 4630. The number of hydrogen-bond acceptors (Lipinski definition) is 1. The van der Waals surface area contributed by atoms with Gasteiger partial charge in [0, 0.05) is 39.0 Å². The highest BCUT2D eigenvalue weighted by molar-refractivity contribution is 7.00. The molecule has 11 aromatic carbocycles. The molecule has 0 aliphatic carbocycles. The van der Waals surface area contributed by atoms with Crippen molar-refractivity contribution in [1.29, 1.82) is 0 Å². The molecule has 0 atom stereocenters. The smallest absolute Gasteiger partial charge is 0.252 e. The molecular weight excluding hydrogens is 1020 g/mol. The third-order valence-corrected chi connectivity index (χ3v) is 18.4. The summed E-state index contributed by atoms with van der Waals surface area (Å²) in [5, 5.41) is 7.28. The predicted octanol–water partition coefficient (Wildman–Crippen LogP) is 20.7. The second-order valence-electron chi connectivity index (χ2n) is 28.2. The average Bonchev–Trinajstić information content (AvgIpc) is 1.48. The van der Waals surface area contributed by atoms with Gasteiger partial charge in [-0.25, -0.2) is 0 Å². The van der Waals surface area contributed by atoms with E-state index in [1.807, 2.05) is 0 Å². The third-order valence-electron chi connectivity index (χ3n) is 18.4. The van der Waals surface area contributed by atoms with Gasteiger partial charge in [0.15, 0.2) is 0 Å². The highest BCUT2D eigenvalue weighted by Crippen LogP contribution is 2.51. The fourth-order valence-electron chi connectivity index (χ4n) is 13.7. The quantitative estimate of drug-likeness (QED) is 0.156. The van der Waals surface area contributed by atoms with Gasteiger partial charge >= 0.3 is 0 Å². The van der Waals surface area contributed by atoms with Crippen molar-refractivity contribution in [3.8, 4) is 50.2 Å². The van der Waals surface area contributed by atoms with E-state index in [4.69, 9.17) is 0 Å². The van der Waals surface area contributed by atoms with E-state index in [0.717, 1.165) is 5.52 Å². The lowest BCUT2D eigenvalue weighted by Crippen LogP contribution is -2.60. The summed E-state index contributed by atoms with van der Waals surface area (Å²) in [6.07, 6.45) is 0. The van der Waals surface area contributed by atoms with Crippen LogP contribution in [-0.4, -0.2) is 11.3 Å². The Morgan fingerprint density at radius 2 is 0.729 bits per heavy atom. The average molecular weight is 1100 g/mol. The van der Waals surface area contributed by atoms with Crippen LogP contribution in [0.5, 0.6) is 0 Å². The van der Waals surface area contributed by atoms with Crippen molar-refractivity contribution in [1.82, 2.24) is 4.57 Å². The number of fused-ring (bicyclic) bond motifs is 12. The zero-order valence-electron chi connectivity index (χ0n) is 51.5. The molecule has 0 saturated carbocycles. The molecule has 0 amide bonds. The lowest BCUT2D eigenvalue weighted by atomic mass is 9.33. The van der Waals surface area contributed by atoms with Gasteiger partial charge in [0.05, 0.1) is 16.7 Å². The van der Waals surface area contributed by atoms with Crippen molar-refractivity contribution >= 4 is 83.5 Å². The SMILES string of the molecule is CC(C)(C)c1ccc(-c2ccc3c(c2)B2c4ccc(-c5cc(C(C)(C)C)cc(C(C)(C)C)c5)cc4-n4c5ccccc5c5ccccc5c5ccccc5c5ccc(c2c54)N3c2c(-c3ccccc3)cc(C(C)(C)C)cc2-c2ccccc2)cc1. The molecule has 0 saturated heterocycles. The molecule has 416 valence electrons. The minimum absolute atomic E-state index is 0.0289. The number of rotatable bonds is 5. The fourth-order valence-corrected chi connectivity index (χ4v) is 13.7. The van der Waals surface area contributed by atoms with Gasteiger partial charge in [-0.15, -0.1) is 0 Å². The molecule has 14 rings (SSSR count). The summed E-state index contributed by atoms with van der Waals surface area (Å²) in [5.74, 6) is 0. The van der Waals surface area contributed by atoms with Gasteiger partial charge in [-0.2, -0.15) is 0 Å². The van der Waals surface area contributed by atoms with Crippen molar-refractivity contribution < 1.29 is 0 Å². The van der Waals surface area contributed by atoms with E-state index >= 15 is 0 Å². The first kappa shape index (κ1) is 54.1. The van der Waals surface area contributed by atoms with Crippen LogP contribution in [0, 0.1) is 0 Å².